The van der Waals surface area contributed by atoms with E-state index >= 15 is 0 Å². The molecule has 1 rings (SSSR count). The predicted octanol–water partition coefficient (Wildman–Crippen LogP) is 2.26. The number of hydrogen-bond acceptors (Lipinski definition) is 2. The number of carboxylic acid groups (broad SMARTS) is 1. The number of nitrogens with zero attached hydrogens (tertiary/aromatic N) is 1. The lowest BCUT2D eigenvalue weighted by atomic mass is 10.0. The minimum atomic E-state index is -1.11. The fourth-order valence-electron chi connectivity index (χ4n) is 1.78. The van der Waals surface area contributed by atoms with Crippen molar-refractivity contribution >= 4 is 17.7 Å². The van der Waals surface area contributed by atoms with Crippen LogP contribution >= 0.6 is 0 Å². The molecule has 0 heterocycles. The van der Waals surface area contributed by atoms with Gasteiger partial charge >= 0.3 is 6.09 Å². The van der Waals surface area contributed by atoms with Crippen molar-refractivity contribution in [3.05, 3.63) is 30.3 Å². The maximum atomic E-state index is 12.1. The topological polar surface area (TPSA) is 69.6 Å². The highest BCUT2D eigenvalue weighted by Crippen LogP contribution is 2.13. The molecule has 0 fully saturated rings. The van der Waals surface area contributed by atoms with Crippen molar-refractivity contribution in [2.75, 3.05) is 12.4 Å². The first-order valence-electron chi connectivity index (χ1n) is 5.75. The standard InChI is InChI=1S/C13H18N2O3/c1-9(2)11(15(3)13(17)18)12(16)14-10-7-5-4-6-8-10/h4-9,11H,1-3H3,(H,14,16)(H,17,18). The molecule has 1 aromatic carbocycles. The zero-order valence-electron chi connectivity index (χ0n) is 10.8. The van der Waals surface area contributed by atoms with Crippen molar-refractivity contribution in [1.29, 1.82) is 0 Å². The molecule has 0 aliphatic rings. The van der Waals surface area contributed by atoms with Gasteiger partial charge in [-0.15, -0.1) is 0 Å². The first-order valence-corrected chi connectivity index (χ1v) is 5.75. The third-order valence-corrected chi connectivity index (χ3v) is 2.66. The number of carbonyl (C=O) groups excluding carboxylic acids is 1. The van der Waals surface area contributed by atoms with E-state index in [0.29, 0.717) is 5.69 Å². The fraction of sp³-hybridized carbons (Fsp3) is 0.385. The highest BCUT2D eigenvalue weighted by Gasteiger charge is 2.29. The lowest BCUT2D eigenvalue weighted by molar-refractivity contribution is -0.121. The minimum Gasteiger partial charge on any atom is -0.465 e. The Morgan fingerprint density at radius 1 is 1.22 bits per heavy atom. The van der Waals surface area contributed by atoms with E-state index in [0.717, 1.165) is 4.90 Å². The first-order chi connectivity index (χ1) is 8.43. The van der Waals surface area contributed by atoms with E-state index < -0.39 is 12.1 Å². The molecular formula is C13H18N2O3. The molecule has 0 aliphatic heterocycles. The Hall–Kier alpha value is -2.04. The minimum absolute atomic E-state index is 0.102. The molecule has 0 bridgehead atoms. The van der Waals surface area contributed by atoms with Crippen molar-refractivity contribution in [3.8, 4) is 0 Å². The third kappa shape index (κ3) is 3.48. The van der Waals surface area contributed by atoms with Gasteiger partial charge in [0.15, 0.2) is 0 Å². The number of anilines is 1. The summed E-state index contributed by atoms with van der Waals surface area (Å²) in [5.74, 6) is -0.420. The molecule has 0 aromatic heterocycles. The summed E-state index contributed by atoms with van der Waals surface area (Å²) in [6.45, 7) is 3.63. The van der Waals surface area contributed by atoms with Gasteiger partial charge in [0.2, 0.25) is 5.91 Å². The maximum absolute atomic E-state index is 12.1. The van der Waals surface area contributed by atoms with E-state index in [4.69, 9.17) is 5.11 Å². The molecule has 0 saturated carbocycles. The third-order valence-electron chi connectivity index (χ3n) is 2.66. The zero-order valence-corrected chi connectivity index (χ0v) is 10.8. The summed E-state index contributed by atoms with van der Waals surface area (Å²) in [6.07, 6.45) is -1.11. The quantitative estimate of drug-likeness (QED) is 0.861. The van der Waals surface area contributed by atoms with Crippen molar-refractivity contribution in [2.24, 2.45) is 5.92 Å². The molecule has 0 spiro atoms. The van der Waals surface area contributed by atoms with Crippen molar-refractivity contribution < 1.29 is 14.7 Å². The largest absolute Gasteiger partial charge is 0.465 e. The van der Waals surface area contributed by atoms with Gasteiger partial charge in [0, 0.05) is 12.7 Å². The molecule has 1 aromatic rings. The number of carbonyl (C=O) groups is 2. The van der Waals surface area contributed by atoms with Crippen LogP contribution < -0.4 is 5.32 Å². The Kier molecular flexibility index (Phi) is 4.71. The van der Waals surface area contributed by atoms with Crippen LogP contribution in [0.15, 0.2) is 30.3 Å². The van der Waals surface area contributed by atoms with Crippen LogP contribution in [0.4, 0.5) is 10.5 Å². The summed E-state index contributed by atoms with van der Waals surface area (Å²) in [6, 6.07) is 8.27. The lowest BCUT2D eigenvalue weighted by Crippen LogP contribution is -2.47. The number of rotatable bonds is 4. The van der Waals surface area contributed by atoms with Gasteiger partial charge in [-0.25, -0.2) is 4.79 Å². The van der Waals surface area contributed by atoms with Gasteiger partial charge in [-0.1, -0.05) is 32.0 Å². The summed E-state index contributed by atoms with van der Waals surface area (Å²) in [5, 5.41) is 11.7. The van der Waals surface area contributed by atoms with Gasteiger partial charge in [0.1, 0.15) is 6.04 Å². The average Bonchev–Trinajstić information content (AvgIpc) is 2.29. The number of likely N-dealkylation sites (N-methyl/N-ethyl adjacent to an activating group) is 1. The van der Waals surface area contributed by atoms with Crippen LogP contribution in [0, 0.1) is 5.92 Å². The normalized spacial score (nSPS) is 12.0. The molecular weight excluding hydrogens is 232 g/mol. The monoisotopic (exact) mass is 250 g/mol. The van der Waals surface area contributed by atoms with Crippen molar-refractivity contribution in [3.63, 3.8) is 0 Å². The highest BCUT2D eigenvalue weighted by molar-refractivity contribution is 5.96. The zero-order chi connectivity index (χ0) is 13.7. The van der Waals surface area contributed by atoms with E-state index in [2.05, 4.69) is 5.32 Å². The van der Waals surface area contributed by atoms with E-state index in [-0.39, 0.29) is 11.8 Å². The number of amides is 2. The Morgan fingerprint density at radius 3 is 2.22 bits per heavy atom. The van der Waals surface area contributed by atoms with E-state index in [9.17, 15) is 9.59 Å². The molecule has 2 amide bonds. The van der Waals surface area contributed by atoms with Gasteiger partial charge in [-0.05, 0) is 18.1 Å². The van der Waals surface area contributed by atoms with Gasteiger partial charge in [0.05, 0.1) is 0 Å². The number of benzene rings is 1. The van der Waals surface area contributed by atoms with Crippen LogP contribution in [0.1, 0.15) is 13.8 Å². The fourth-order valence-corrected chi connectivity index (χ4v) is 1.78. The molecule has 2 N–H and O–H groups in total. The Bertz CT molecular complexity index is 418. The van der Waals surface area contributed by atoms with Crippen LogP contribution in [0.25, 0.3) is 0 Å². The molecule has 5 nitrogen and oxygen atoms in total. The van der Waals surface area contributed by atoms with Crippen LogP contribution in [-0.2, 0) is 4.79 Å². The summed E-state index contributed by atoms with van der Waals surface area (Å²) < 4.78 is 0. The smallest absolute Gasteiger partial charge is 0.407 e. The highest BCUT2D eigenvalue weighted by atomic mass is 16.4. The number of hydrogen-bond donors (Lipinski definition) is 2. The average molecular weight is 250 g/mol. The second-order valence-corrected chi connectivity index (χ2v) is 4.44. The van der Waals surface area contributed by atoms with E-state index in [1.165, 1.54) is 7.05 Å². The second-order valence-electron chi connectivity index (χ2n) is 4.44. The molecule has 0 radical (unpaired) electrons. The maximum Gasteiger partial charge on any atom is 0.407 e. The summed E-state index contributed by atoms with van der Waals surface area (Å²) in [4.78, 5) is 24.1. The van der Waals surface area contributed by atoms with Gasteiger partial charge < -0.3 is 10.4 Å². The van der Waals surface area contributed by atoms with Crippen molar-refractivity contribution in [1.82, 2.24) is 4.90 Å². The molecule has 98 valence electrons. The van der Waals surface area contributed by atoms with E-state index in [1.54, 1.807) is 24.3 Å². The second kappa shape index (κ2) is 6.05. The first kappa shape index (κ1) is 14.0. The Labute approximate surface area is 106 Å². The molecule has 18 heavy (non-hydrogen) atoms. The number of para-hydroxylation sites is 1. The Balaban J connectivity index is 2.81. The molecule has 5 heteroatoms. The molecule has 1 unspecified atom stereocenters. The predicted molar refractivity (Wildman–Crippen MR) is 69.5 cm³/mol. The van der Waals surface area contributed by atoms with Gasteiger partial charge in [0.25, 0.3) is 0 Å². The van der Waals surface area contributed by atoms with Crippen molar-refractivity contribution in [2.45, 2.75) is 19.9 Å². The molecule has 0 aliphatic carbocycles. The van der Waals surface area contributed by atoms with Crippen LogP contribution in [0.3, 0.4) is 0 Å². The van der Waals surface area contributed by atoms with Gasteiger partial charge in [-0.3, -0.25) is 9.69 Å². The Morgan fingerprint density at radius 2 is 1.78 bits per heavy atom. The van der Waals surface area contributed by atoms with Gasteiger partial charge in [-0.2, -0.15) is 0 Å². The SMILES string of the molecule is CC(C)C(C(=O)Nc1ccccc1)N(C)C(=O)O. The van der Waals surface area contributed by atoms with Crippen LogP contribution in [0.5, 0.6) is 0 Å². The lowest BCUT2D eigenvalue weighted by Gasteiger charge is -2.27. The van der Waals surface area contributed by atoms with E-state index in [1.807, 2.05) is 19.9 Å². The summed E-state index contributed by atoms with van der Waals surface area (Å²) >= 11 is 0. The van der Waals surface area contributed by atoms with Crippen LogP contribution in [-0.4, -0.2) is 35.1 Å². The summed E-state index contributed by atoms with van der Waals surface area (Å²) in [5.41, 5.74) is 0.659. The molecule has 1 atom stereocenters. The number of nitrogens with one attached hydrogen (secondary N) is 1. The van der Waals surface area contributed by atoms with Crippen LogP contribution in [0.2, 0.25) is 0 Å². The summed E-state index contributed by atoms with van der Waals surface area (Å²) in [7, 11) is 1.40. The molecule has 0 saturated heterocycles.